The molecule has 0 radical (unpaired) electrons. The van der Waals surface area contributed by atoms with Crippen LogP contribution in [0.3, 0.4) is 0 Å². The maximum absolute atomic E-state index is 13.1. The number of anilines is 1. The Morgan fingerprint density at radius 3 is 2.32 bits per heavy atom. The van der Waals surface area contributed by atoms with Crippen molar-refractivity contribution in [2.45, 2.75) is 12.7 Å². The molecule has 3 rings (SSSR count). The van der Waals surface area contributed by atoms with Gasteiger partial charge in [0.15, 0.2) is 6.17 Å². The second-order valence-corrected chi connectivity index (χ2v) is 6.25. The molecule has 10 heteroatoms. The van der Waals surface area contributed by atoms with Crippen LogP contribution in [0.15, 0.2) is 48.5 Å². The second-order valence-electron chi connectivity index (χ2n) is 6.25. The van der Waals surface area contributed by atoms with Gasteiger partial charge in [-0.1, -0.05) is 30.3 Å². The normalized spacial score (nSPS) is 15.9. The molecule has 144 valence electrons. The van der Waals surface area contributed by atoms with E-state index < -0.39 is 35.4 Å². The summed E-state index contributed by atoms with van der Waals surface area (Å²) in [6, 6.07) is 12.5. The highest BCUT2D eigenvalue weighted by Crippen LogP contribution is 2.34. The van der Waals surface area contributed by atoms with Crippen molar-refractivity contribution in [1.29, 1.82) is 0 Å². The Morgan fingerprint density at radius 2 is 1.75 bits per heavy atom. The zero-order valence-corrected chi connectivity index (χ0v) is 14.6. The minimum absolute atomic E-state index is 0.0103. The summed E-state index contributed by atoms with van der Waals surface area (Å²) < 4.78 is 0. The van der Waals surface area contributed by atoms with Gasteiger partial charge in [-0.3, -0.25) is 24.5 Å². The van der Waals surface area contributed by atoms with Crippen LogP contribution in [0.1, 0.15) is 15.9 Å². The summed E-state index contributed by atoms with van der Waals surface area (Å²) in [7, 11) is 0. The van der Waals surface area contributed by atoms with E-state index in [1.807, 2.05) is 0 Å². The van der Waals surface area contributed by atoms with Gasteiger partial charge in [0, 0.05) is 18.7 Å². The molecule has 0 saturated heterocycles. The third-order valence-electron chi connectivity index (χ3n) is 4.36. The standard InChI is InChI=1S/C18H17N5O5/c19-15(24)10-21-14-7-6-12(23(27)28)8-13(14)18(26)22(17(21)16(20)25)9-11-4-2-1-3-5-11/h1-8,17H,9-10H2,(H2,19,24)(H2,20,25). The topological polar surface area (TPSA) is 153 Å². The summed E-state index contributed by atoms with van der Waals surface area (Å²) in [5.41, 5.74) is 11.5. The van der Waals surface area contributed by atoms with Crippen LogP contribution in [0.25, 0.3) is 0 Å². The van der Waals surface area contributed by atoms with Gasteiger partial charge in [-0.2, -0.15) is 0 Å². The van der Waals surface area contributed by atoms with Gasteiger partial charge in [0.05, 0.1) is 22.7 Å². The number of non-ortho nitro benzene ring substituents is 1. The number of primary amides is 2. The molecular formula is C18H17N5O5. The van der Waals surface area contributed by atoms with Crippen molar-refractivity contribution >= 4 is 29.1 Å². The summed E-state index contributed by atoms with van der Waals surface area (Å²) in [6.07, 6.45) is -1.27. The number of carbonyl (C=O) groups is 3. The number of nitrogens with two attached hydrogens (primary N) is 2. The molecule has 28 heavy (non-hydrogen) atoms. The molecule has 2 aromatic rings. The Hall–Kier alpha value is -3.95. The van der Waals surface area contributed by atoms with Gasteiger partial charge < -0.3 is 21.3 Å². The molecule has 0 aromatic heterocycles. The minimum Gasteiger partial charge on any atom is -0.368 e. The number of rotatable bonds is 6. The summed E-state index contributed by atoms with van der Waals surface area (Å²) in [6.45, 7) is -0.373. The van der Waals surface area contributed by atoms with Crippen molar-refractivity contribution in [1.82, 2.24) is 4.90 Å². The van der Waals surface area contributed by atoms with Crippen molar-refractivity contribution in [3.8, 4) is 0 Å². The van der Waals surface area contributed by atoms with Crippen LogP contribution in [0.5, 0.6) is 0 Å². The zero-order valence-electron chi connectivity index (χ0n) is 14.6. The Bertz CT molecular complexity index is 962. The number of hydrogen-bond donors (Lipinski definition) is 2. The minimum atomic E-state index is -1.27. The first-order chi connectivity index (χ1) is 13.3. The first-order valence-electron chi connectivity index (χ1n) is 8.27. The monoisotopic (exact) mass is 383 g/mol. The first kappa shape index (κ1) is 18.8. The smallest absolute Gasteiger partial charge is 0.270 e. The predicted octanol–water partition coefficient (Wildman–Crippen LogP) is 0.354. The molecule has 4 N–H and O–H groups in total. The van der Waals surface area contributed by atoms with Gasteiger partial charge in [-0.15, -0.1) is 0 Å². The average Bonchev–Trinajstić information content (AvgIpc) is 2.65. The highest BCUT2D eigenvalue weighted by molar-refractivity contribution is 6.07. The van der Waals surface area contributed by atoms with Gasteiger partial charge in [0.25, 0.3) is 17.5 Å². The van der Waals surface area contributed by atoms with E-state index in [2.05, 4.69) is 0 Å². The maximum atomic E-state index is 13.1. The molecule has 2 aromatic carbocycles. The van der Waals surface area contributed by atoms with E-state index in [0.717, 1.165) is 11.6 Å². The number of nitrogens with zero attached hydrogens (tertiary/aromatic N) is 3. The van der Waals surface area contributed by atoms with E-state index in [0.29, 0.717) is 0 Å². The number of amides is 3. The van der Waals surface area contributed by atoms with Gasteiger partial charge in [0.2, 0.25) is 5.91 Å². The lowest BCUT2D eigenvalue weighted by molar-refractivity contribution is -0.384. The lowest BCUT2D eigenvalue weighted by atomic mass is 10.0. The lowest BCUT2D eigenvalue weighted by Crippen LogP contribution is -2.62. The molecule has 0 spiro atoms. The van der Waals surface area contributed by atoms with Crippen LogP contribution in [-0.2, 0) is 16.1 Å². The quantitative estimate of drug-likeness (QED) is 0.542. The van der Waals surface area contributed by atoms with Crippen molar-refractivity contribution in [3.05, 3.63) is 69.8 Å². The Morgan fingerprint density at radius 1 is 1.07 bits per heavy atom. The number of fused-ring (bicyclic) bond motifs is 1. The van der Waals surface area contributed by atoms with E-state index in [9.17, 15) is 24.5 Å². The van der Waals surface area contributed by atoms with E-state index >= 15 is 0 Å². The van der Waals surface area contributed by atoms with Crippen molar-refractivity contribution in [3.63, 3.8) is 0 Å². The highest BCUT2D eigenvalue weighted by atomic mass is 16.6. The number of benzene rings is 2. The van der Waals surface area contributed by atoms with Gasteiger partial charge in [-0.05, 0) is 11.6 Å². The van der Waals surface area contributed by atoms with Gasteiger partial charge in [-0.25, -0.2) is 0 Å². The fourth-order valence-electron chi connectivity index (χ4n) is 3.21. The largest absolute Gasteiger partial charge is 0.368 e. The predicted molar refractivity (Wildman–Crippen MR) is 98.9 cm³/mol. The number of nitro groups is 1. The van der Waals surface area contributed by atoms with E-state index in [1.54, 1.807) is 30.3 Å². The van der Waals surface area contributed by atoms with E-state index in [4.69, 9.17) is 11.5 Å². The summed E-state index contributed by atoms with van der Waals surface area (Å²) in [5.74, 6) is -2.20. The molecule has 0 saturated carbocycles. The first-order valence-corrected chi connectivity index (χ1v) is 8.27. The van der Waals surface area contributed by atoms with Crippen LogP contribution in [0.4, 0.5) is 11.4 Å². The molecule has 1 heterocycles. The van der Waals surface area contributed by atoms with Crippen molar-refractivity contribution in [2.75, 3.05) is 11.4 Å². The van der Waals surface area contributed by atoms with Gasteiger partial charge in [0.1, 0.15) is 0 Å². The van der Waals surface area contributed by atoms with Crippen molar-refractivity contribution in [2.24, 2.45) is 11.5 Å². The molecule has 0 bridgehead atoms. The summed E-state index contributed by atoms with van der Waals surface area (Å²) >= 11 is 0. The fourth-order valence-corrected chi connectivity index (χ4v) is 3.21. The molecule has 1 atom stereocenters. The molecule has 1 unspecified atom stereocenters. The van der Waals surface area contributed by atoms with Crippen LogP contribution >= 0.6 is 0 Å². The molecule has 1 aliphatic rings. The summed E-state index contributed by atoms with van der Waals surface area (Å²) in [5, 5.41) is 11.1. The maximum Gasteiger partial charge on any atom is 0.270 e. The molecule has 0 aliphatic carbocycles. The second kappa shape index (κ2) is 7.35. The van der Waals surface area contributed by atoms with E-state index in [1.165, 1.54) is 21.9 Å². The number of carbonyl (C=O) groups excluding carboxylic acids is 3. The Balaban J connectivity index is 2.14. The van der Waals surface area contributed by atoms with Gasteiger partial charge >= 0.3 is 0 Å². The average molecular weight is 383 g/mol. The molecule has 1 aliphatic heterocycles. The molecule has 10 nitrogen and oxygen atoms in total. The number of nitro benzene ring substituents is 1. The SMILES string of the molecule is NC(=O)CN1c2ccc([N+](=O)[O-])cc2C(=O)N(Cc2ccccc2)C1C(N)=O. The molecule has 3 amide bonds. The Labute approximate surface area is 159 Å². The highest BCUT2D eigenvalue weighted by Gasteiger charge is 2.42. The van der Waals surface area contributed by atoms with E-state index in [-0.39, 0.29) is 23.5 Å². The third-order valence-corrected chi connectivity index (χ3v) is 4.36. The zero-order chi connectivity index (χ0) is 20.4. The lowest BCUT2D eigenvalue weighted by Gasteiger charge is -2.43. The summed E-state index contributed by atoms with van der Waals surface area (Å²) in [4.78, 5) is 49.8. The Kier molecular flexibility index (Phi) is 4.94. The van der Waals surface area contributed by atoms with Crippen LogP contribution in [-0.4, -0.2) is 40.3 Å². The van der Waals surface area contributed by atoms with Crippen LogP contribution in [0.2, 0.25) is 0 Å². The third kappa shape index (κ3) is 3.47. The van der Waals surface area contributed by atoms with Crippen LogP contribution < -0.4 is 16.4 Å². The van der Waals surface area contributed by atoms with Crippen molar-refractivity contribution < 1.29 is 19.3 Å². The van der Waals surface area contributed by atoms with Crippen LogP contribution in [0, 0.1) is 10.1 Å². The molecule has 0 fully saturated rings. The number of hydrogen-bond acceptors (Lipinski definition) is 6. The fraction of sp³-hybridized carbons (Fsp3) is 0.167. The molecular weight excluding hydrogens is 366 g/mol.